The lowest BCUT2D eigenvalue weighted by Crippen LogP contribution is -2.26. The molecule has 0 heterocycles. The Kier molecular flexibility index (Phi) is 3.80. The number of hydrogen-bond acceptors (Lipinski definition) is 1. The van der Waals surface area contributed by atoms with Gasteiger partial charge in [-0.3, -0.25) is 0 Å². The summed E-state index contributed by atoms with van der Waals surface area (Å²) in [5, 5.41) is 2.63. The normalized spacial score (nSPS) is 13.2. The molecule has 17 heavy (non-hydrogen) atoms. The van der Waals surface area contributed by atoms with Crippen LogP contribution < -0.4 is 5.73 Å². The highest BCUT2D eigenvalue weighted by Gasteiger charge is 2.07. The van der Waals surface area contributed by atoms with Crippen LogP contribution in [-0.4, -0.2) is 6.04 Å². The first-order valence-corrected chi connectivity index (χ1v) is 6.40. The fourth-order valence-electron chi connectivity index (χ4n) is 2.06. The number of fused-ring (bicyclic) bond motifs is 1. The lowest BCUT2D eigenvalue weighted by molar-refractivity contribution is 0.464. The highest BCUT2D eigenvalue weighted by Crippen LogP contribution is 2.17. The lowest BCUT2D eigenvalue weighted by atomic mass is 9.96. The topological polar surface area (TPSA) is 26.0 Å². The Morgan fingerprint density at radius 1 is 1.00 bits per heavy atom. The van der Waals surface area contributed by atoms with Crippen LogP contribution in [0.1, 0.15) is 25.8 Å². The predicted octanol–water partition coefficient (Wildman–Crippen LogP) is 3.76. The zero-order valence-corrected chi connectivity index (χ0v) is 10.7. The molecule has 1 unspecified atom stereocenters. The maximum atomic E-state index is 6.08. The standard InChI is InChI=1S/C16H21N/c1-12(2)16(17)10-8-13-7-9-14-5-3-4-6-15(14)11-13/h3-7,9,11-12,16H,8,10,17H2,1-2H3. The third-order valence-electron chi connectivity index (χ3n) is 3.44. The summed E-state index contributed by atoms with van der Waals surface area (Å²) in [6.45, 7) is 4.37. The van der Waals surface area contributed by atoms with E-state index < -0.39 is 0 Å². The fourth-order valence-corrected chi connectivity index (χ4v) is 2.06. The van der Waals surface area contributed by atoms with Crippen LogP contribution in [0.5, 0.6) is 0 Å². The van der Waals surface area contributed by atoms with Crippen LogP contribution >= 0.6 is 0 Å². The molecule has 0 aliphatic carbocycles. The van der Waals surface area contributed by atoms with Gasteiger partial charge in [-0.15, -0.1) is 0 Å². The first kappa shape index (κ1) is 12.1. The average Bonchev–Trinajstić information content (AvgIpc) is 2.35. The fraction of sp³-hybridized carbons (Fsp3) is 0.375. The molecule has 1 heteroatoms. The van der Waals surface area contributed by atoms with E-state index in [0.717, 1.165) is 12.8 Å². The van der Waals surface area contributed by atoms with Crippen LogP contribution in [0.3, 0.4) is 0 Å². The second kappa shape index (κ2) is 5.33. The molecule has 0 saturated carbocycles. The van der Waals surface area contributed by atoms with E-state index in [1.807, 2.05) is 0 Å². The Hall–Kier alpha value is -1.34. The van der Waals surface area contributed by atoms with E-state index in [1.165, 1.54) is 16.3 Å². The molecule has 0 spiro atoms. The van der Waals surface area contributed by atoms with Gasteiger partial charge in [-0.05, 0) is 35.1 Å². The van der Waals surface area contributed by atoms with Crippen LogP contribution in [0.2, 0.25) is 0 Å². The van der Waals surface area contributed by atoms with Gasteiger partial charge in [0.25, 0.3) is 0 Å². The van der Waals surface area contributed by atoms with E-state index in [2.05, 4.69) is 56.3 Å². The summed E-state index contributed by atoms with van der Waals surface area (Å²) in [4.78, 5) is 0. The Bertz CT molecular complexity index is 488. The molecule has 0 amide bonds. The van der Waals surface area contributed by atoms with Gasteiger partial charge in [0, 0.05) is 6.04 Å². The lowest BCUT2D eigenvalue weighted by Gasteiger charge is -2.15. The van der Waals surface area contributed by atoms with E-state index in [-0.39, 0.29) is 0 Å². The maximum absolute atomic E-state index is 6.08. The smallest absolute Gasteiger partial charge is 0.00650 e. The minimum atomic E-state index is 0.307. The van der Waals surface area contributed by atoms with Gasteiger partial charge >= 0.3 is 0 Å². The third kappa shape index (κ3) is 3.07. The van der Waals surface area contributed by atoms with Crippen LogP contribution in [-0.2, 0) is 6.42 Å². The van der Waals surface area contributed by atoms with Crippen LogP contribution in [0, 0.1) is 5.92 Å². The molecule has 2 N–H and O–H groups in total. The Balaban J connectivity index is 2.09. The SMILES string of the molecule is CC(C)C(N)CCc1ccc2ccccc2c1. The van der Waals surface area contributed by atoms with E-state index in [9.17, 15) is 0 Å². The van der Waals surface area contributed by atoms with Crippen molar-refractivity contribution in [1.82, 2.24) is 0 Å². The Labute approximate surface area is 104 Å². The monoisotopic (exact) mass is 227 g/mol. The third-order valence-corrected chi connectivity index (χ3v) is 3.44. The summed E-state index contributed by atoms with van der Waals surface area (Å²) in [6.07, 6.45) is 2.14. The molecule has 0 bridgehead atoms. The van der Waals surface area contributed by atoms with Crippen molar-refractivity contribution in [2.24, 2.45) is 11.7 Å². The van der Waals surface area contributed by atoms with Gasteiger partial charge < -0.3 is 5.73 Å². The first-order chi connectivity index (χ1) is 8.16. The number of nitrogens with two attached hydrogens (primary N) is 1. The summed E-state index contributed by atoms with van der Waals surface area (Å²) in [7, 11) is 0. The van der Waals surface area contributed by atoms with E-state index in [4.69, 9.17) is 5.73 Å². The minimum Gasteiger partial charge on any atom is -0.327 e. The average molecular weight is 227 g/mol. The van der Waals surface area contributed by atoms with Crippen LogP contribution in [0.4, 0.5) is 0 Å². The quantitative estimate of drug-likeness (QED) is 0.845. The van der Waals surface area contributed by atoms with Crippen molar-refractivity contribution in [3.05, 3.63) is 48.0 Å². The van der Waals surface area contributed by atoms with Crippen LogP contribution in [0.15, 0.2) is 42.5 Å². The highest BCUT2D eigenvalue weighted by molar-refractivity contribution is 5.82. The second-order valence-corrected chi connectivity index (χ2v) is 5.13. The second-order valence-electron chi connectivity index (χ2n) is 5.13. The molecule has 2 aromatic carbocycles. The molecule has 0 aliphatic rings. The number of aryl methyl sites for hydroxylation is 1. The van der Waals surface area contributed by atoms with Crippen molar-refractivity contribution in [1.29, 1.82) is 0 Å². The van der Waals surface area contributed by atoms with Crippen molar-refractivity contribution in [3.8, 4) is 0 Å². The van der Waals surface area contributed by atoms with Gasteiger partial charge in [0.1, 0.15) is 0 Å². The van der Waals surface area contributed by atoms with Gasteiger partial charge in [0.05, 0.1) is 0 Å². The molecule has 0 aromatic heterocycles. The molecular weight excluding hydrogens is 206 g/mol. The zero-order valence-electron chi connectivity index (χ0n) is 10.7. The molecule has 1 atom stereocenters. The van der Waals surface area contributed by atoms with E-state index >= 15 is 0 Å². The van der Waals surface area contributed by atoms with Gasteiger partial charge in [-0.1, -0.05) is 56.3 Å². The number of hydrogen-bond donors (Lipinski definition) is 1. The van der Waals surface area contributed by atoms with Crippen molar-refractivity contribution >= 4 is 10.8 Å². The summed E-state index contributed by atoms with van der Waals surface area (Å²) in [6, 6.07) is 15.5. The molecule has 90 valence electrons. The number of benzene rings is 2. The molecule has 0 fully saturated rings. The molecule has 2 rings (SSSR count). The zero-order chi connectivity index (χ0) is 12.3. The summed E-state index contributed by atoms with van der Waals surface area (Å²) in [5.41, 5.74) is 7.47. The molecule has 0 radical (unpaired) electrons. The van der Waals surface area contributed by atoms with Gasteiger partial charge in [-0.25, -0.2) is 0 Å². The van der Waals surface area contributed by atoms with Crippen molar-refractivity contribution in [2.45, 2.75) is 32.7 Å². The van der Waals surface area contributed by atoms with Gasteiger partial charge in [0.15, 0.2) is 0 Å². The first-order valence-electron chi connectivity index (χ1n) is 6.40. The Morgan fingerprint density at radius 2 is 1.71 bits per heavy atom. The molecule has 0 saturated heterocycles. The molecular formula is C16H21N. The molecule has 0 aliphatic heterocycles. The van der Waals surface area contributed by atoms with Crippen molar-refractivity contribution < 1.29 is 0 Å². The van der Waals surface area contributed by atoms with E-state index in [1.54, 1.807) is 0 Å². The molecule has 2 aromatic rings. The van der Waals surface area contributed by atoms with Crippen LogP contribution in [0.25, 0.3) is 10.8 Å². The van der Waals surface area contributed by atoms with Gasteiger partial charge in [-0.2, -0.15) is 0 Å². The highest BCUT2D eigenvalue weighted by atomic mass is 14.6. The van der Waals surface area contributed by atoms with E-state index in [0.29, 0.717) is 12.0 Å². The number of rotatable bonds is 4. The maximum Gasteiger partial charge on any atom is 0.00650 e. The predicted molar refractivity (Wildman–Crippen MR) is 75.1 cm³/mol. The van der Waals surface area contributed by atoms with Crippen molar-refractivity contribution in [3.63, 3.8) is 0 Å². The van der Waals surface area contributed by atoms with Crippen molar-refractivity contribution in [2.75, 3.05) is 0 Å². The summed E-state index contributed by atoms with van der Waals surface area (Å²) >= 11 is 0. The summed E-state index contributed by atoms with van der Waals surface area (Å²) < 4.78 is 0. The molecule has 1 nitrogen and oxygen atoms in total. The largest absolute Gasteiger partial charge is 0.327 e. The van der Waals surface area contributed by atoms with Gasteiger partial charge in [0.2, 0.25) is 0 Å². The minimum absolute atomic E-state index is 0.307. The Morgan fingerprint density at radius 3 is 2.41 bits per heavy atom. The summed E-state index contributed by atoms with van der Waals surface area (Å²) in [5.74, 6) is 0.565.